The van der Waals surface area contributed by atoms with Crippen molar-refractivity contribution in [2.75, 3.05) is 13.1 Å². The Labute approximate surface area is 168 Å². The van der Waals surface area contributed by atoms with Crippen LogP contribution in [0.1, 0.15) is 12.5 Å². The molecule has 1 aliphatic rings. The van der Waals surface area contributed by atoms with Gasteiger partial charge >= 0.3 is 0 Å². The Morgan fingerprint density at radius 1 is 1.21 bits per heavy atom. The third-order valence-electron chi connectivity index (χ3n) is 5.18. The maximum absolute atomic E-state index is 13.7. The second-order valence-electron chi connectivity index (χ2n) is 7.36. The maximum atomic E-state index is 13.7. The van der Waals surface area contributed by atoms with Crippen molar-refractivity contribution >= 4 is 10.0 Å². The van der Waals surface area contributed by atoms with Crippen molar-refractivity contribution < 1.29 is 12.8 Å². The molecular weight excluding hydrogens is 395 g/mol. The van der Waals surface area contributed by atoms with Crippen molar-refractivity contribution in [3.05, 3.63) is 48.0 Å². The zero-order chi connectivity index (χ0) is 20.6. The van der Waals surface area contributed by atoms with Gasteiger partial charge in [-0.3, -0.25) is 4.90 Å². The van der Waals surface area contributed by atoms with Crippen molar-refractivity contribution in [2.24, 2.45) is 11.1 Å². The third kappa shape index (κ3) is 4.04. The van der Waals surface area contributed by atoms with Crippen LogP contribution >= 0.6 is 0 Å². The molecule has 2 aromatic carbocycles. The maximum Gasteiger partial charge on any atom is 0.238 e. The largest absolute Gasteiger partial charge is 0.296 e. The number of tetrazole rings is 1. The lowest BCUT2D eigenvalue weighted by Crippen LogP contribution is -2.20. The summed E-state index contributed by atoms with van der Waals surface area (Å²) in [6.07, 6.45) is -0.784. The minimum absolute atomic E-state index is 0.0493. The van der Waals surface area contributed by atoms with Crippen LogP contribution < -0.4 is 5.14 Å². The van der Waals surface area contributed by atoms with Crippen LogP contribution in [0, 0.1) is 5.92 Å². The van der Waals surface area contributed by atoms with Gasteiger partial charge in [0.15, 0.2) is 5.82 Å². The molecule has 3 aromatic rings. The van der Waals surface area contributed by atoms with Crippen molar-refractivity contribution in [3.63, 3.8) is 0 Å². The number of nitrogens with two attached hydrogens (primary N) is 1. The van der Waals surface area contributed by atoms with E-state index in [1.165, 1.54) is 6.07 Å². The summed E-state index contributed by atoms with van der Waals surface area (Å²) < 4.78 is 37.9. The Bertz CT molecular complexity index is 1090. The number of sulfonamides is 1. The topological polar surface area (TPSA) is 118 Å². The van der Waals surface area contributed by atoms with E-state index in [1.54, 1.807) is 12.1 Å². The molecule has 2 heterocycles. The van der Waals surface area contributed by atoms with E-state index in [1.807, 2.05) is 31.2 Å². The number of hydrogen-bond donors (Lipinski definition) is 2. The van der Waals surface area contributed by atoms with Gasteiger partial charge in [0, 0.05) is 31.1 Å². The average molecular weight is 416 g/mol. The van der Waals surface area contributed by atoms with E-state index < -0.39 is 16.2 Å². The number of nitrogens with zero attached hydrogens (tertiary/aromatic N) is 4. The van der Waals surface area contributed by atoms with Gasteiger partial charge in [-0.25, -0.2) is 23.0 Å². The van der Waals surface area contributed by atoms with E-state index >= 15 is 0 Å². The fourth-order valence-electron chi connectivity index (χ4n) is 3.72. The van der Waals surface area contributed by atoms with Gasteiger partial charge in [-0.1, -0.05) is 43.3 Å². The third-order valence-corrected chi connectivity index (χ3v) is 6.14. The predicted molar refractivity (Wildman–Crippen MR) is 106 cm³/mol. The van der Waals surface area contributed by atoms with Gasteiger partial charge in [0.25, 0.3) is 0 Å². The Balaban J connectivity index is 1.69. The molecule has 0 spiro atoms. The summed E-state index contributed by atoms with van der Waals surface area (Å²) in [7, 11) is -3.98. The number of likely N-dealkylation sites (tertiary alicyclic amines) is 1. The second-order valence-corrected chi connectivity index (χ2v) is 8.89. The highest BCUT2D eigenvalue weighted by Gasteiger charge is 2.29. The first-order valence-corrected chi connectivity index (χ1v) is 10.7. The first-order valence-electron chi connectivity index (χ1n) is 9.18. The highest BCUT2D eigenvalue weighted by atomic mass is 32.2. The van der Waals surface area contributed by atoms with E-state index in [-0.39, 0.29) is 16.6 Å². The first kappa shape index (κ1) is 19.6. The zero-order valence-electron chi connectivity index (χ0n) is 15.8. The van der Waals surface area contributed by atoms with Crippen molar-refractivity contribution in [3.8, 4) is 22.5 Å². The van der Waals surface area contributed by atoms with E-state index in [9.17, 15) is 12.8 Å². The van der Waals surface area contributed by atoms with E-state index in [0.717, 1.165) is 17.7 Å². The van der Waals surface area contributed by atoms with Gasteiger partial charge in [0.1, 0.15) is 6.17 Å². The number of aromatic nitrogens is 4. The lowest BCUT2D eigenvalue weighted by Gasteiger charge is -2.16. The van der Waals surface area contributed by atoms with Crippen LogP contribution in [-0.4, -0.2) is 53.2 Å². The van der Waals surface area contributed by atoms with Crippen LogP contribution in [-0.2, 0) is 16.6 Å². The summed E-state index contributed by atoms with van der Waals surface area (Å²) in [4.78, 5) is 2.04. The van der Waals surface area contributed by atoms with Gasteiger partial charge < -0.3 is 0 Å². The lowest BCUT2D eigenvalue weighted by molar-refractivity contribution is 0.274. The molecule has 4 rings (SSSR count). The summed E-state index contributed by atoms with van der Waals surface area (Å²) in [5, 5.41) is 19.0. The van der Waals surface area contributed by atoms with Crippen LogP contribution in [0.15, 0.2) is 47.4 Å². The summed E-state index contributed by atoms with van der Waals surface area (Å²) in [6, 6.07) is 12.6. The number of halogens is 1. The Morgan fingerprint density at radius 2 is 1.97 bits per heavy atom. The highest BCUT2D eigenvalue weighted by molar-refractivity contribution is 7.89. The summed E-state index contributed by atoms with van der Waals surface area (Å²) in [5.41, 5.74) is 2.81. The average Bonchev–Trinajstić information content (AvgIpc) is 3.31. The van der Waals surface area contributed by atoms with Crippen LogP contribution in [0.4, 0.5) is 4.39 Å². The minimum Gasteiger partial charge on any atom is -0.296 e. The smallest absolute Gasteiger partial charge is 0.238 e. The molecule has 0 aliphatic carbocycles. The molecule has 1 fully saturated rings. The molecule has 1 aromatic heterocycles. The fourth-order valence-corrected chi connectivity index (χ4v) is 4.48. The molecule has 2 atom stereocenters. The van der Waals surface area contributed by atoms with Crippen molar-refractivity contribution in [1.29, 1.82) is 0 Å². The molecule has 1 saturated heterocycles. The predicted octanol–water partition coefficient (Wildman–Crippen LogP) is 1.97. The molecule has 1 aliphatic heterocycles. The van der Waals surface area contributed by atoms with Gasteiger partial charge in [-0.15, -0.1) is 5.10 Å². The molecule has 0 amide bonds. The molecule has 0 radical (unpaired) electrons. The number of alkyl halides is 1. The summed E-state index contributed by atoms with van der Waals surface area (Å²) >= 11 is 0. The number of rotatable bonds is 5. The first-order chi connectivity index (χ1) is 13.8. The van der Waals surface area contributed by atoms with Gasteiger partial charge in [0.2, 0.25) is 10.0 Å². The van der Waals surface area contributed by atoms with Gasteiger partial charge in [0.05, 0.1) is 4.90 Å². The molecular formula is C19H21FN6O2S. The molecule has 3 N–H and O–H groups in total. The number of primary sulfonamides is 1. The fraction of sp³-hybridized carbons (Fsp3) is 0.316. The number of aromatic amines is 1. The molecule has 0 bridgehead atoms. The standard InChI is InChI=1S/C19H21FN6O2S/c1-12-9-26(11-16(12)20)10-13-5-7-14(8-6-13)15-3-2-4-17(29(21,27)28)18(15)19-22-24-25-23-19/h2-8,12,16H,9-11H2,1H3,(H2,21,27,28)(H,22,23,24,25). The molecule has 0 saturated carbocycles. The van der Waals surface area contributed by atoms with Crippen LogP contribution in [0.25, 0.3) is 22.5 Å². The molecule has 2 unspecified atom stereocenters. The SMILES string of the molecule is CC1CN(Cc2ccc(-c3cccc(S(N)(=O)=O)c3-c3nnn[nH]3)cc2)CC1F. The van der Waals surface area contributed by atoms with Crippen molar-refractivity contribution in [1.82, 2.24) is 25.5 Å². The van der Waals surface area contributed by atoms with E-state index in [2.05, 4.69) is 25.5 Å². The normalized spacial score (nSPS) is 20.2. The number of benzene rings is 2. The number of hydrogen-bond acceptors (Lipinski definition) is 6. The van der Waals surface area contributed by atoms with Crippen LogP contribution in [0.3, 0.4) is 0 Å². The van der Waals surface area contributed by atoms with E-state index in [4.69, 9.17) is 5.14 Å². The molecule has 8 nitrogen and oxygen atoms in total. The summed E-state index contributed by atoms with van der Waals surface area (Å²) in [5.74, 6) is 0.266. The quantitative estimate of drug-likeness (QED) is 0.657. The van der Waals surface area contributed by atoms with Crippen molar-refractivity contribution in [2.45, 2.75) is 24.5 Å². The van der Waals surface area contributed by atoms with Gasteiger partial charge in [-0.2, -0.15) is 0 Å². The van der Waals surface area contributed by atoms with Crippen LogP contribution in [0.2, 0.25) is 0 Å². The monoisotopic (exact) mass is 416 g/mol. The molecule has 29 heavy (non-hydrogen) atoms. The minimum atomic E-state index is -3.98. The number of nitrogens with one attached hydrogen (secondary N) is 1. The Morgan fingerprint density at radius 3 is 2.55 bits per heavy atom. The Hall–Kier alpha value is -2.69. The van der Waals surface area contributed by atoms with E-state index in [0.29, 0.717) is 24.2 Å². The second kappa shape index (κ2) is 7.62. The molecule has 152 valence electrons. The summed E-state index contributed by atoms with van der Waals surface area (Å²) in [6.45, 7) is 3.77. The molecule has 10 heteroatoms. The lowest BCUT2D eigenvalue weighted by atomic mass is 9.98. The number of H-pyrrole nitrogens is 1. The zero-order valence-corrected chi connectivity index (χ0v) is 16.6. The highest BCUT2D eigenvalue weighted by Crippen LogP contribution is 2.35. The Kier molecular flexibility index (Phi) is 5.15. The van der Waals surface area contributed by atoms with Crippen LogP contribution in [0.5, 0.6) is 0 Å². The van der Waals surface area contributed by atoms with Gasteiger partial charge in [-0.05, 0) is 33.2 Å².